The largest absolute Gasteiger partial charge is 0.273 e. The number of carbonyl (C=O) groups excluding carboxylic acids is 1. The third-order valence-electron chi connectivity index (χ3n) is 8.25. The maximum Gasteiger partial charge on any atom is 0.270 e. The highest BCUT2D eigenvalue weighted by molar-refractivity contribution is 6.06. The fourth-order valence-corrected chi connectivity index (χ4v) is 6.70. The summed E-state index contributed by atoms with van der Waals surface area (Å²) in [6.07, 6.45) is 9.83. The molecular formula is C27H29N5O3. The van der Waals surface area contributed by atoms with Crippen LogP contribution in [0.15, 0.2) is 54.6 Å². The number of non-ortho nitro benzene ring substituents is 1. The number of aromatic nitrogens is 3. The Balaban J connectivity index is 1.53. The van der Waals surface area contributed by atoms with Gasteiger partial charge in [0.2, 0.25) is 5.95 Å². The van der Waals surface area contributed by atoms with Gasteiger partial charge in [-0.2, -0.15) is 4.98 Å². The molecule has 180 valence electrons. The number of nitro benzene ring substituents is 1. The quantitative estimate of drug-likeness (QED) is 0.359. The number of nitro groups is 1. The van der Waals surface area contributed by atoms with E-state index in [1.807, 2.05) is 35.2 Å². The zero-order valence-electron chi connectivity index (χ0n) is 19.7. The van der Waals surface area contributed by atoms with Gasteiger partial charge in [-0.25, -0.2) is 4.68 Å². The monoisotopic (exact) mass is 471 g/mol. The van der Waals surface area contributed by atoms with Crippen molar-refractivity contribution >= 4 is 17.5 Å². The highest BCUT2D eigenvalue weighted by Crippen LogP contribution is 2.53. The molecule has 0 N–H and O–H groups in total. The third kappa shape index (κ3) is 3.54. The molecule has 2 aliphatic carbocycles. The van der Waals surface area contributed by atoms with Crippen molar-refractivity contribution in [2.24, 2.45) is 5.92 Å². The van der Waals surface area contributed by atoms with Gasteiger partial charge in [-0.1, -0.05) is 68.5 Å². The Morgan fingerprint density at radius 2 is 1.74 bits per heavy atom. The Hall–Kier alpha value is -3.55. The Morgan fingerprint density at radius 1 is 0.971 bits per heavy atom. The fourth-order valence-electron chi connectivity index (χ4n) is 6.70. The molecule has 1 amide bonds. The summed E-state index contributed by atoms with van der Waals surface area (Å²) in [6.45, 7) is 0. The lowest BCUT2D eigenvalue weighted by molar-refractivity contribution is -0.384. The van der Waals surface area contributed by atoms with Crippen molar-refractivity contribution in [2.45, 2.75) is 69.4 Å². The molecular weight excluding hydrogens is 442 g/mol. The van der Waals surface area contributed by atoms with E-state index in [1.165, 1.54) is 18.6 Å². The van der Waals surface area contributed by atoms with Crippen molar-refractivity contribution in [3.8, 4) is 11.4 Å². The molecule has 0 saturated heterocycles. The van der Waals surface area contributed by atoms with Gasteiger partial charge in [-0.15, -0.1) is 5.10 Å². The van der Waals surface area contributed by atoms with E-state index < -0.39 is 4.92 Å². The lowest BCUT2D eigenvalue weighted by Gasteiger charge is -2.55. The number of amides is 1. The van der Waals surface area contributed by atoms with Crippen LogP contribution >= 0.6 is 0 Å². The molecule has 1 spiro atoms. The van der Waals surface area contributed by atoms with Gasteiger partial charge in [0.15, 0.2) is 5.82 Å². The van der Waals surface area contributed by atoms with Crippen LogP contribution in [0.4, 0.5) is 11.6 Å². The van der Waals surface area contributed by atoms with Gasteiger partial charge < -0.3 is 0 Å². The number of rotatable bonds is 3. The Kier molecular flexibility index (Phi) is 5.39. The number of fused-ring (bicyclic) bond motifs is 4. The predicted octanol–water partition coefficient (Wildman–Crippen LogP) is 5.73. The molecule has 2 heterocycles. The molecule has 2 unspecified atom stereocenters. The summed E-state index contributed by atoms with van der Waals surface area (Å²) >= 11 is 0. The maximum absolute atomic E-state index is 14.0. The molecule has 3 aromatic rings. The van der Waals surface area contributed by atoms with Crippen LogP contribution in [0, 0.1) is 16.0 Å². The SMILES string of the molecule is O=C(c1cccc([N+](=O)[O-])c1)N1c2nc(-c3ccccc3)nn2C2(CCCCC2)C2CCCCC21. The summed E-state index contributed by atoms with van der Waals surface area (Å²) in [5.41, 5.74) is 1.03. The Morgan fingerprint density at radius 3 is 2.51 bits per heavy atom. The van der Waals surface area contributed by atoms with Crippen LogP contribution in [0.2, 0.25) is 0 Å². The van der Waals surface area contributed by atoms with E-state index in [1.54, 1.807) is 12.1 Å². The number of benzene rings is 2. The number of hydrogen-bond donors (Lipinski definition) is 0. The van der Waals surface area contributed by atoms with Gasteiger partial charge in [0.25, 0.3) is 11.6 Å². The topological polar surface area (TPSA) is 94.2 Å². The molecule has 0 bridgehead atoms. The first kappa shape index (κ1) is 21.9. The summed E-state index contributed by atoms with van der Waals surface area (Å²) in [5, 5.41) is 16.5. The second kappa shape index (κ2) is 8.59. The van der Waals surface area contributed by atoms with E-state index in [9.17, 15) is 14.9 Å². The van der Waals surface area contributed by atoms with E-state index >= 15 is 0 Å². The van der Waals surface area contributed by atoms with Crippen LogP contribution in [-0.4, -0.2) is 31.6 Å². The van der Waals surface area contributed by atoms with Crippen LogP contribution in [0.5, 0.6) is 0 Å². The summed E-state index contributed by atoms with van der Waals surface area (Å²) in [4.78, 5) is 31.8. The average Bonchev–Trinajstić information content (AvgIpc) is 3.36. The summed E-state index contributed by atoms with van der Waals surface area (Å²) in [5.74, 6) is 1.29. The van der Waals surface area contributed by atoms with Crippen LogP contribution < -0.4 is 4.90 Å². The molecule has 2 aromatic carbocycles. The van der Waals surface area contributed by atoms with Crippen molar-refractivity contribution in [3.05, 3.63) is 70.3 Å². The highest BCUT2D eigenvalue weighted by atomic mass is 16.6. The minimum Gasteiger partial charge on any atom is -0.273 e. The molecule has 6 rings (SSSR count). The molecule has 1 aliphatic heterocycles. The molecule has 2 saturated carbocycles. The number of carbonyl (C=O) groups is 1. The van der Waals surface area contributed by atoms with E-state index in [0.29, 0.717) is 23.3 Å². The Bertz CT molecular complexity index is 1260. The molecule has 1 aromatic heterocycles. The molecule has 35 heavy (non-hydrogen) atoms. The van der Waals surface area contributed by atoms with E-state index in [4.69, 9.17) is 10.1 Å². The normalized spacial score (nSPS) is 22.9. The van der Waals surface area contributed by atoms with E-state index in [-0.39, 0.29) is 23.2 Å². The zero-order valence-corrected chi connectivity index (χ0v) is 19.7. The Labute approximate surface area is 204 Å². The molecule has 0 radical (unpaired) electrons. The molecule has 8 heteroatoms. The van der Waals surface area contributed by atoms with Gasteiger partial charge in [0, 0.05) is 35.2 Å². The smallest absolute Gasteiger partial charge is 0.270 e. The second-order valence-corrected chi connectivity index (χ2v) is 10.1. The first-order chi connectivity index (χ1) is 17.1. The summed E-state index contributed by atoms with van der Waals surface area (Å²) in [7, 11) is 0. The highest BCUT2D eigenvalue weighted by Gasteiger charge is 2.55. The van der Waals surface area contributed by atoms with Crippen LogP contribution in [0.25, 0.3) is 11.4 Å². The number of hydrogen-bond acceptors (Lipinski definition) is 5. The van der Waals surface area contributed by atoms with E-state index in [2.05, 4.69) is 4.68 Å². The van der Waals surface area contributed by atoms with Crippen LogP contribution in [0.3, 0.4) is 0 Å². The minimum atomic E-state index is -0.455. The van der Waals surface area contributed by atoms with Gasteiger partial charge in [-0.05, 0) is 31.7 Å². The predicted molar refractivity (Wildman–Crippen MR) is 132 cm³/mol. The lowest BCUT2D eigenvalue weighted by atomic mass is 9.64. The van der Waals surface area contributed by atoms with E-state index in [0.717, 1.165) is 56.9 Å². The zero-order chi connectivity index (χ0) is 24.0. The first-order valence-corrected chi connectivity index (χ1v) is 12.7. The number of nitrogens with zero attached hydrogens (tertiary/aromatic N) is 5. The molecule has 8 nitrogen and oxygen atoms in total. The van der Waals surface area contributed by atoms with Gasteiger partial charge in [0.1, 0.15) is 0 Å². The first-order valence-electron chi connectivity index (χ1n) is 12.7. The lowest BCUT2D eigenvalue weighted by Crippen LogP contribution is -2.61. The van der Waals surface area contributed by atoms with Crippen molar-refractivity contribution in [3.63, 3.8) is 0 Å². The average molecular weight is 472 g/mol. The molecule has 2 atom stereocenters. The van der Waals surface area contributed by atoms with Crippen molar-refractivity contribution in [2.75, 3.05) is 4.90 Å². The van der Waals surface area contributed by atoms with Gasteiger partial charge >= 0.3 is 0 Å². The standard InChI is InChI=1S/C27H29N5O3/c33-25(20-12-9-13-21(18-20)32(34)35)30-23-15-6-5-14-22(23)27(16-7-2-8-17-27)31-26(30)28-24(29-31)19-10-3-1-4-11-19/h1,3-4,9-13,18,22-23H,2,5-8,14-17H2. The van der Waals surface area contributed by atoms with Gasteiger partial charge in [-0.3, -0.25) is 19.8 Å². The van der Waals surface area contributed by atoms with Crippen molar-refractivity contribution in [1.29, 1.82) is 0 Å². The molecule has 3 aliphatic rings. The van der Waals surface area contributed by atoms with Crippen molar-refractivity contribution < 1.29 is 9.72 Å². The van der Waals surface area contributed by atoms with Crippen LogP contribution in [-0.2, 0) is 5.54 Å². The van der Waals surface area contributed by atoms with Crippen molar-refractivity contribution in [1.82, 2.24) is 14.8 Å². The van der Waals surface area contributed by atoms with Crippen LogP contribution in [0.1, 0.15) is 68.1 Å². The van der Waals surface area contributed by atoms with Gasteiger partial charge in [0.05, 0.1) is 10.5 Å². The second-order valence-electron chi connectivity index (χ2n) is 10.1. The molecule has 2 fully saturated rings. The summed E-state index contributed by atoms with van der Waals surface area (Å²) < 4.78 is 2.08. The third-order valence-corrected chi connectivity index (χ3v) is 8.25. The number of anilines is 1. The fraction of sp³-hybridized carbons (Fsp3) is 0.444. The minimum absolute atomic E-state index is 0.0222. The summed E-state index contributed by atoms with van der Waals surface area (Å²) in [6, 6.07) is 16.0. The maximum atomic E-state index is 14.0.